The fraction of sp³-hybridized carbons (Fsp3) is 0.353. The Balaban J connectivity index is 0.00000182. The summed E-state index contributed by atoms with van der Waals surface area (Å²) in [6, 6.07) is 7.62. The summed E-state index contributed by atoms with van der Waals surface area (Å²) in [4.78, 5) is 20.3. The second kappa shape index (κ2) is 10.3. The number of rotatable bonds is 5. The lowest BCUT2D eigenvalue weighted by atomic mass is 10.1. The van der Waals surface area contributed by atoms with Crippen molar-refractivity contribution in [2.24, 2.45) is 11.5 Å². The molecule has 6 N–H and O–H groups in total. The van der Waals surface area contributed by atoms with Gasteiger partial charge in [0.2, 0.25) is 5.95 Å². The molecule has 2 heterocycles. The van der Waals surface area contributed by atoms with Gasteiger partial charge in [-0.15, -0.1) is 24.8 Å². The molecular weight excluding hydrogens is 391 g/mol. The number of aryl methyl sites for hydroxylation is 1. The SMILES string of the molecule is Cc1ccc(Nc2nc(NC3CCOCC3N)ncc2C(N)=O)cc1.Cl.Cl. The summed E-state index contributed by atoms with van der Waals surface area (Å²) in [7, 11) is 0. The standard InChI is InChI=1S/C17H22N6O2.2ClH/c1-10-2-4-11(5-3-10)21-16-12(15(19)24)8-20-17(23-16)22-14-6-7-25-9-13(14)18;;/h2-5,8,13-14H,6-7,9,18H2,1H3,(H2,19,24)(H2,20,21,22,23);2*1H. The summed E-state index contributed by atoms with van der Waals surface area (Å²) in [5, 5.41) is 6.33. The molecule has 10 heteroatoms. The number of nitrogens with two attached hydrogens (primary N) is 2. The van der Waals surface area contributed by atoms with E-state index in [4.69, 9.17) is 16.2 Å². The smallest absolute Gasteiger partial charge is 0.254 e. The Kier molecular flexibility index (Phi) is 8.71. The van der Waals surface area contributed by atoms with E-state index in [1.807, 2.05) is 31.2 Å². The Morgan fingerprint density at radius 3 is 2.59 bits per heavy atom. The number of hydrogen-bond acceptors (Lipinski definition) is 7. The summed E-state index contributed by atoms with van der Waals surface area (Å²) in [5.41, 5.74) is 13.6. The maximum atomic E-state index is 11.7. The van der Waals surface area contributed by atoms with Crippen molar-refractivity contribution in [2.75, 3.05) is 23.8 Å². The van der Waals surface area contributed by atoms with Crippen molar-refractivity contribution in [2.45, 2.75) is 25.4 Å². The Hall–Kier alpha value is -2.13. The molecule has 1 aliphatic rings. The van der Waals surface area contributed by atoms with E-state index < -0.39 is 5.91 Å². The van der Waals surface area contributed by atoms with E-state index in [2.05, 4.69) is 20.6 Å². The number of benzene rings is 1. The average molecular weight is 415 g/mol. The maximum Gasteiger partial charge on any atom is 0.254 e. The van der Waals surface area contributed by atoms with Crippen LogP contribution in [0, 0.1) is 6.92 Å². The quantitative estimate of drug-likeness (QED) is 0.588. The number of nitrogens with one attached hydrogen (secondary N) is 2. The third-order valence-electron chi connectivity index (χ3n) is 4.08. The van der Waals surface area contributed by atoms with Crippen molar-refractivity contribution in [1.29, 1.82) is 0 Å². The van der Waals surface area contributed by atoms with Crippen LogP contribution in [0.5, 0.6) is 0 Å². The molecule has 148 valence electrons. The number of aromatic nitrogens is 2. The predicted molar refractivity (Wildman–Crippen MR) is 110 cm³/mol. The topological polar surface area (TPSA) is 128 Å². The molecule has 27 heavy (non-hydrogen) atoms. The zero-order chi connectivity index (χ0) is 17.8. The number of primary amides is 1. The van der Waals surface area contributed by atoms with Crippen LogP contribution in [0.2, 0.25) is 0 Å². The summed E-state index contributed by atoms with van der Waals surface area (Å²) in [5.74, 6) is 0.153. The van der Waals surface area contributed by atoms with Crippen LogP contribution in [0.15, 0.2) is 30.5 Å². The fourth-order valence-electron chi connectivity index (χ4n) is 2.61. The largest absolute Gasteiger partial charge is 0.380 e. The minimum Gasteiger partial charge on any atom is -0.380 e. The van der Waals surface area contributed by atoms with Gasteiger partial charge in [0.1, 0.15) is 11.4 Å². The minimum atomic E-state index is -0.594. The molecule has 8 nitrogen and oxygen atoms in total. The monoisotopic (exact) mass is 414 g/mol. The van der Waals surface area contributed by atoms with Gasteiger partial charge in [0.05, 0.1) is 6.61 Å². The number of carbonyl (C=O) groups excluding carboxylic acids is 1. The second-order valence-electron chi connectivity index (χ2n) is 6.09. The number of hydrogen-bond donors (Lipinski definition) is 4. The van der Waals surface area contributed by atoms with Crippen LogP contribution in [0.3, 0.4) is 0 Å². The van der Waals surface area contributed by atoms with Crippen molar-refractivity contribution in [3.63, 3.8) is 0 Å². The van der Waals surface area contributed by atoms with Crippen molar-refractivity contribution in [3.8, 4) is 0 Å². The summed E-state index contributed by atoms with van der Waals surface area (Å²) in [6.45, 7) is 3.13. The summed E-state index contributed by atoms with van der Waals surface area (Å²) < 4.78 is 5.33. The van der Waals surface area contributed by atoms with Crippen LogP contribution in [0.1, 0.15) is 22.3 Å². The number of carbonyl (C=O) groups is 1. The van der Waals surface area contributed by atoms with E-state index in [0.29, 0.717) is 25.0 Å². The van der Waals surface area contributed by atoms with Crippen LogP contribution in [0.4, 0.5) is 17.5 Å². The highest BCUT2D eigenvalue weighted by Crippen LogP contribution is 2.21. The molecule has 1 aromatic heterocycles. The average Bonchev–Trinajstić information content (AvgIpc) is 2.59. The summed E-state index contributed by atoms with van der Waals surface area (Å²) >= 11 is 0. The first-order valence-electron chi connectivity index (χ1n) is 8.13. The van der Waals surface area contributed by atoms with Gasteiger partial charge in [-0.2, -0.15) is 4.98 Å². The van der Waals surface area contributed by atoms with Gasteiger partial charge < -0.3 is 26.8 Å². The van der Waals surface area contributed by atoms with E-state index in [-0.39, 0.29) is 42.5 Å². The van der Waals surface area contributed by atoms with Gasteiger partial charge in [-0.1, -0.05) is 17.7 Å². The van der Waals surface area contributed by atoms with Crippen molar-refractivity contribution in [3.05, 3.63) is 41.6 Å². The lowest BCUT2D eigenvalue weighted by Crippen LogP contribution is -2.47. The Bertz CT molecular complexity index is 760. The van der Waals surface area contributed by atoms with Crippen LogP contribution in [0.25, 0.3) is 0 Å². The Labute approximate surface area is 170 Å². The van der Waals surface area contributed by atoms with Crippen molar-refractivity contribution in [1.82, 2.24) is 9.97 Å². The predicted octanol–water partition coefficient (Wildman–Crippen LogP) is 2.00. The molecule has 0 aliphatic carbocycles. The van der Waals surface area contributed by atoms with E-state index in [1.54, 1.807) is 0 Å². The van der Waals surface area contributed by atoms with E-state index >= 15 is 0 Å². The van der Waals surface area contributed by atoms with Gasteiger partial charge in [0.15, 0.2) is 0 Å². The highest BCUT2D eigenvalue weighted by atomic mass is 35.5. The summed E-state index contributed by atoms with van der Waals surface area (Å²) in [6.07, 6.45) is 2.18. The molecule has 2 aromatic rings. The van der Waals surface area contributed by atoms with Gasteiger partial charge in [-0.05, 0) is 25.5 Å². The van der Waals surface area contributed by atoms with E-state index in [0.717, 1.165) is 17.7 Å². The fourth-order valence-corrected chi connectivity index (χ4v) is 2.61. The molecule has 0 radical (unpaired) electrons. The number of anilines is 3. The van der Waals surface area contributed by atoms with Gasteiger partial charge in [0.25, 0.3) is 5.91 Å². The first-order valence-corrected chi connectivity index (χ1v) is 8.13. The van der Waals surface area contributed by atoms with Crippen molar-refractivity contribution < 1.29 is 9.53 Å². The Morgan fingerprint density at radius 1 is 1.26 bits per heavy atom. The highest BCUT2D eigenvalue weighted by molar-refractivity contribution is 5.98. The van der Waals surface area contributed by atoms with E-state index in [9.17, 15) is 4.79 Å². The Morgan fingerprint density at radius 2 is 1.96 bits per heavy atom. The third kappa shape index (κ3) is 5.93. The zero-order valence-electron chi connectivity index (χ0n) is 14.8. The first-order chi connectivity index (χ1) is 12.0. The van der Waals surface area contributed by atoms with Gasteiger partial charge in [0, 0.05) is 30.6 Å². The molecule has 2 unspecified atom stereocenters. The van der Waals surface area contributed by atoms with E-state index in [1.165, 1.54) is 6.20 Å². The van der Waals surface area contributed by atoms with Crippen LogP contribution < -0.4 is 22.1 Å². The first kappa shape index (κ1) is 22.9. The molecular formula is C17H24Cl2N6O2. The zero-order valence-corrected chi connectivity index (χ0v) is 16.5. The molecule has 1 amide bonds. The number of halogens is 2. The molecule has 1 saturated heterocycles. The van der Waals surface area contributed by atoms with Gasteiger partial charge in [-0.25, -0.2) is 4.98 Å². The number of amides is 1. The highest BCUT2D eigenvalue weighted by Gasteiger charge is 2.23. The third-order valence-corrected chi connectivity index (χ3v) is 4.08. The maximum absolute atomic E-state index is 11.7. The molecule has 3 rings (SSSR count). The van der Waals surface area contributed by atoms with Gasteiger partial charge >= 0.3 is 0 Å². The van der Waals surface area contributed by atoms with Crippen LogP contribution >= 0.6 is 24.8 Å². The molecule has 1 aliphatic heterocycles. The molecule has 2 atom stereocenters. The van der Waals surface area contributed by atoms with Gasteiger partial charge in [-0.3, -0.25) is 4.79 Å². The minimum absolute atomic E-state index is 0. The molecule has 1 fully saturated rings. The lowest BCUT2D eigenvalue weighted by Gasteiger charge is -2.29. The number of nitrogens with zero attached hydrogens (tertiary/aromatic N) is 2. The van der Waals surface area contributed by atoms with Crippen LogP contribution in [-0.4, -0.2) is 41.2 Å². The molecule has 0 bridgehead atoms. The van der Waals surface area contributed by atoms with Crippen molar-refractivity contribution >= 4 is 48.2 Å². The van der Waals surface area contributed by atoms with Crippen LogP contribution in [-0.2, 0) is 4.74 Å². The second-order valence-corrected chi connectivity index (χ2v) is 6.09. The lowest BCUT2D eigenvalue weighted by molar-refractivity contribution is 0.0751. The number of ether oxygens (including phenoxy) is 1. The molecule has 0 saturated carbocycles. The normalized spacial score (nSPS) is 18.6. The molecule has 1 aromatic carbocycles. The molecule has 0 spiro atoms.